The third-order valence-electron chi connectivity index (χ3n) is 4.69. The Morgan fingerprint density at radius 2 is 2.13 bits per heavy atom. The molecular formula is C22H30ClN3O4. The summed E-state index contributed by atoms with van der Waals surface area (Å²) in [6.07, 6.45) is 4.29. The summed E-state index contributed by atoms with van der Waals surface area (Å²) in [6, 6.07) is 2.55. The summed E-state index contributed by atoms with van der Waals surface area (Å²) in [5.74, 6) is -0.377. The van der Waals surface area contributed by atoms with E-state index in [0.29, 0.717) is 23.7 Å². The van der Waals surface area contributed by atoms with E-state index in [-0.39, 0.29) is 12.5 Å². The number of carbonyl (C=O) groups excluding carboxylic acids is 2. The zero-order chi connectivity index (χ0) is 22.5. The molecule has 2 amide bonds. The number of nitrogens with one attached hydrogen (secondary N) is 1. The van der Waals surface area contributed by atoms with Crippen molar-refractivity contribution in [1.82, 2.24) is 15.2 Å². The Kier molecular flexibility index (Phi) is 8.03. The number of rotatable bonds is 5. The summed E-state index contributed by atoms with van der Waals surface area (Å²) in [7, 11) is 0. The topological polar surface area (TPSA) is 91.8 Å². The normalized spacial score (nSPS) is 18.5. The molecule has 1 aromatic heterocycles. The first-order chi connectivity index (χ1) is 14.0. The van der Waals surface area contributed by atoms with Gasteiger partial charge in [-0.1, -0.05) is 29.3 Å². The van der Waals surface area contributed by atoms with Crippen molar-refractivity contribution in [3.05, 3.63) is 52.3 Å². The van der Waals surface area contributed by atoms with E-state index in [4.69, 9.17) is 16.3 Å². The van der Waals surface area contributed by atoms with E-state index in [2.05, 4.69) is 10.3 Å². The number of aliphatic hydroxyl groups excluding tert-OH is 1. The van der Waals surface area contributed by atoms with E-state index in [9.17, 15) is 14.7 Å². The maximum atomic E-state index is 12.8. The molecule has 0 aromatic carbocycles. The van der Waals surface area contributed by atoms with Crippen molar-refractivity contribution in [1.29, 1.82) is 0 Å². The van der Waals surface area contributed by atoms with Crippen LogP contribution in [0.3, 0.4) is 0 Å². The number of allylic oxidation sites excluding steroid dienone is 2. The van der Waals surface area contributed by atoms with Crippen LogP contribution in [0.15, 0.2) is 41.6 Å². The molecule has 0 spiro atoms. The minimum Gasteiger partial charge on any atom is -0.444 e. The van der Waals surface area contributed by atoms with Crippen LogP contribution in [0.1, 0.15) is 51.4 Å². The molecule has 0 saturated heterocycles. The summed E-state index contributed by atoms with van der Waals surface area (Å²) in [4.78, 5) is 30.5. The molecule has 30 heavy (non-hydrogen) atoms. The Balaban J connectivity index is 2.14. The minimum atomic E-state index is -0.977. The van der Waals surface area contributed by atoms with Gasteiger partial charge in [0.25, 0.3) is 5.91 Å². The number of hydrogen-bond donors (Lipinski definition) is 2. The number of halogens is 1. The number of ether oxygens (including phenoxy) is 1. The van der Waals surface area contributed by atoms with Crippen LogP contribution in [0.2, 0.25) is 5.15 Å². The van der Waals surface area contributed by atoms with Gasteiger partial charge in [-0.3, -0.25) is 9.69 Å². The molecule has 8 heteroatoms. The average molecular weight is 436 g/mol. The molecule has 0 radical (unpaired) electrons. The lowest BCUT2D eigenvalue weighted by Gasteiger charge is -2.40. The average Bonchev–Trinajstić information content (AvgIpc) is 2.66. The third-order valence-corrected chi connectivity index (χ3v) is 4.91. The predicted molar refractivity (Wildman–Crippen MR) is 116 cm³/mol. The Labute approximate surface area is 182 Å². The van der Waals surface area contributed by atoms with Crippen LogP contribution < -0.4 is 5.32 Å². The van der Waals surface area contributed by atoms with Crippen molar-refractivity contribution in [2.24, 2.45) is 0 Å². The summed E-state index contributed by atoms with van der Waals surface area (Å²) in [5, 5.41) is 13.8. The van der Waals surface area contributed by atoms with E-state index in [0.717, 1.165) is 11.1 Å². The summed E-state index contributed by atoms with van der Waals surface area (Å²) >= 11 is 5.75. The molecular weight excluding hydrogens is 406 g/mol. The largest absolute Gasteiger partial charge is 0.444 e. The molecule has 2 atom stereocenters. The van der Waals surface area contributed by atoms with Crippen LogP contribution in [0.5, 0.6) is 0 Å². The van der Waals surface area contributed by atoms with Crippen molar-refractivity contribution >= 4 is 23.6 Å². The Morgan fingerprint density at radius 3 is 2.70 bits per heavy atom. The highest BCUT2D eigenvalue weighted by atomic mass is 35.5. The summed E-state index contributed by atoms with van der Waals surface area (Å²) < 4.78 is 5.53. The second kappa shape index (κ2) is 10.1. The Hall–Kier alpha value is -2.38. The van der Waals surface area contributed by atoms with Crippen LogP contribution in [-0.4, -0.2) is 57.8 Å². The second-order valence-corrected chi connectivity index (χ2v) is 8.72. The fourth-order valence-corrected chi connectivity index (χ4v) is 3.32. The molecule has 1 aliphatic rings. The zero-order valence-electron chi connectivity index (χ0n) is 18.1. The van der Waals surface area contributed by atoms with Gasteiger partial charge < -0.3 is 15.2 Å². The first kappa shape index (κ1) is 23.9. The van der Waals surface area contributed by atoms with Crippen molar-refractivity contribution in [2.45, 2.75) is 58.8 Å². The fraction of sp³-hybridized carbons (Fsp3) is 0.500. The van der Waals surface area contributed by atoms with Gasteiger partial charge in [-0.15, -0.1) is 0 Å². The van der Waals surface area contributed by atoms with Gasteiger partial charge in [0.1, 0.15) is 10.8 Å². The molecule has 0 bridgehead atoms. The van der Waals surface area contributed by atoms with E-state index >= 15 is 0 Å². The SMILES string of the molecule is C/C=C\C1=C(C)CN(C(=O)OC(C)(C)C)[C@H]([C@H](O)CNC(=O)c2ccc(Cl)nc2)C1. The van der Waals surface area contributed by atoms with Crippen LogP contribution in [0.25, 0.3) is 0 Å². The zero-order valence-corrected chi connectivity index (χ0v) is 18.9. The van der Waals surface area contributed by atoms with Gasteiger partial charge in [-0.2, -0.15) is 0 Å². The number of aliphatic hydroxyl groups is 1. The van der Waals surface area contributed by atoms with Gasteiger partial charge in [-0.25, -0.2) is 9.78 Å². The lowest BCUT2D eigenvalue weighted by atomic mass is 9.91. The molecule has 1 aliphatic heterocycles. The van der Waals surface area contributed by atoms with Crippen molar-refractivity contribution in [3.63, 3.8) is 0 Å². The summed E-state index contributed by atoms with van der Waals surface area (Å²) in [5.41, 5.74) is 1.79. The first-order valence-electron chi connectivity index (χ1n) is 9.90. The van der Waals surface area contributed by atoms with Crippen molar-refractivity contribution in [3.8, 4) is 0 Å². The van der Waals surface area contributed by atoms with Crippen LogP contribution >= 0.6 is 11.6 Å². The maximum absolute atomic E-state index is 12.8. The molecule has 0 saturated carbocycles. The first-order valence-corrected chi connectivity index (χ1v) is 10.3. The maximum Gasteiger partial charge on any atom is 0.410 e. The number of pyridine rings is 1. The predicted octanol–water partition coefficient (Wildman–Crippen LogP) is 3.73. The van der Waals surface area contributed by atoms with Gasteiger partial charge in [0.15, 0.2) is 0 Å². The number of amides is 2. The molecule has 2 N–H and O–H groups in total. The molecule has 7 nitrogen and oxygen atoms in total. The monoisotopic (exact) mass is 435 g/mol. The summed E-state index contributed by atoms with van der Waals surface area (Å²) in [6.45, 7) is 9.62. The van der Waals surface area contributed by atoms with E-state index in [1.807, 2.05) is 26.0 Å². The molecule has 164 valence electrons. The van der Waals surface area contributed by atoms with Gasteiger partial charge in [0, 0.05) is 19.3 Å². The fourth-order valence-electron chi connectivity index (χ4n) is 3.21. The smallest absolute Gasteiger partial charge is 0.410 e. The minimum absolute atomic E-state index is 0.0202. The van der Waals surface area contributed by atoms with E-state index in [1.54, 1.807) is 26.8 Å². The van der Waals surface area contributed by atoms with Crippen LogP contribution in [0, 0.1) is 0 Å². The lowest BCUT2D eigenvalue weighted by molar-refractivity contribution is -0.00497. The Bertz CT molecular complexity index is 828. The number of carbonyl (C=O) groups is 2. The molecule has 0 fully saturated rings. The van der Waals surface area contributed by atoms with Gasteiger partial charge >= 0.3 is 6.09 Å². The number of aromatic nitrogens is 1. The second-order valence-electron chi connectivity index (χ2n) is 8.33. The van der Waals surface area contributed by atoms with Gasteiger partial charge in [0.05, 0.1) is 17.7 Å². The highest BCUT2D eigenvalue weighted by molar-refractivity contribution is 6.29. The quantitative estimate of drug-likeness (QED) is 0.687. The van der Waals surface area contributed by atoms with Gasteiger partial charge in [-0.05, 0) is 58.7 Å². The molecule has 2 rings (SSSR count). The standard InChI is InChI=1S/C22H30ClN3O4/c1-6-7-15-10-17(26(13-14(15)2)21(29)30-22(3,4)5)18(27)12-25-20(28)16-8-9-19(23)24-11-16/h6-9,11,17-18,27H,10,12-13H2,1-5H3,(H,25,28)/b7-6-/t17-,18+/m0/s1. The molecule has 0 aliphatic carbocycles. The highest BCUT2D eigenvalue weighted by Crippen LogP contribution is 2.28. The molecule has 1 aromatic rings. The number of nitrogens with zero attached hydrogens (tertiary/aromatic N) is 2. The lowest BCUT2D eigenvalue weighted by Crippen LogP contribution is -2.54. The van der Waals surface area contributed by atoms with Crippen molar-refractivity contribution in [2.75, 3.05) is 13.1 Å². The van der Waals surface area contributed by atoms with Crippen LogP contribution in [0.4, 0.5) is 4.79 Å². The number of hydrogen-bond acceptors (Lipinski definition) is 5. The van der Waals surface area contributed by atoms with Crippen molar-refractivity contribution < 1.29 is 19.4 Å². The molecule has 0 unspecified atom stereocenters. The van der Waals surface area contributed by atoms with E-state index < -0.39 is 23.8 Å². The third kappa shape index (κ3) is 6.57. The van der Waals surface area contributed by atoms with Crippen LogP contribution in [-0.2, 0) is 4.74 Å². The molecule has 2 heterocycles. The van der Waals surface area contributed by atoms with E-state index in [1.165, 1.54) is 17.2 Å². The highest BCUT2D eigenvalue weighted by Gasteiger charge is 2.36. The van der Waals surface area contributed by atoms with Gasteiger partial charge in [0.2, 0.25) is 0 Å². The Morgan fingerprint density at radius 1 is 1.43 bits per heavy atom.